The first-order valence-corrected chi connectivity index (χ1v) is 7.56. The minimum Gasteiger partial charge on any atom is -0.493 e. The van der Waals surface area contributed by atoms with Gasteiger partial charge in [0, 0.05) is 5.69 Å². The number of nitrogens with one attached hydrogen (secondary N) is 1. The topological polar surface area (TPSA) is 99.6 Å². The van der Waals surface area contributed by atoms with Crippen LogP contribution in [-0.4, -0.2) is 18.0 Å². The number of carbonyl (C=O) groups excluding carboxylic acids is 1. The Kier molecular flexibility index (Phi) is 6.60. The smallest absolute Gasteiger partial charge is 0.277 e. The van der Waals surface area contributed by atoms with Crippen molar-refractivity contribution in [3.8, 4) is 17.2 Å². The summed E-state index contributed by atoms with van der Waals surface area (Å²) in [5.74, 6) is 1.81. The zero-order valence-electron chi connectivity index (χ0n) is 14.0. The van der Waals surface area contributed by atoms with E-state index >= 15 is 0 Å². The molecule has 8 heteroatoms. The van der Waals surface area contributed by atoms with Crippen LogP contribution in [0.25, 0.3) is 0 Å². The lowest BCUT2D eigenvalue weighted by atomic mass is 10.3. The summed E-state index contributed by atoms with van der Waals surface area (Å²) >= 11 is 0. The molecule has 0 saturated heterocycles. The maximum atomic E-state index is 12.1. The van der Waals surface area contributed by atoms with Crippen molar-refractivity contribution in [1.29, 1.82) is 0 Å². The first-order chi connectivity index (χ1) is 12.2. The molecule has 1 amide bonds. The van der Waals surface area contributed by atoms with E-state index in [4.69, 9.17) is 19.6 Å². The molecular formula is C18H18ClN3O4. The van der Waals surface area contributed by atoms with Crippen molar-refractivity contribution in [2.75, 3.05) is 12.4 Å². The number of nitrogens with two attached hydrogens (primary N) is 1. The summed E-state index contributed by atoms with van der Waals surface area (Å²) < 4.78 is 16.1. The number of ether oxygens (including phenoxy) is 2. The zero-order chi connectivity index (χ0) is 17.6. The summed E-state index contributed by atoms with van der Waals surface area (Å²) in [6.45, 7) is 0.141. The molecule has 0 radical (unpaired) electrons. The van der Waals surface area contributed by atoms with Gasteiger partial charge in [0.2, 0.25) is 5.89 Å². The second-order valence-corrected chi connectivity index (χ2v) is 5.06. The van der Waals surface area contributed by atoms with Crippen molar-refractivity contribution >= 4 is 24.0 Å². The molecular weight excluding hydrogens is 358 g/mol. The number of hydrogen-bond acceptors (Lipinski definition) is 6. The van der Waals surface area contributed by atoms with Crippen LogP contribution in [-0.2, 0) is 6.54 Å². The summed E-state index contributed by atoms with van der Waals surface area (Å²) in [6.07, 6.45) is 1.27. The Labute approximate surface area is 156 Å². The molecule has 1 heterocycles. The average Bonchev–Trinajstić information content (AvgIpc) is 3.13. The second kappa shape index (κ2) is 8.89. The fourth-order valence-electron chi connectivity index (χ4n) is 2.14. The first kappa shape index (κ1) is 19.3. The highest BCUT2D eigenvalue weighted by atomic mass is 35.5. The van der Waals surface area contributed by atoms with Crippen LogP contribution in [0.1, 0.15) is 16.4 Å². The quantitative estimate of drug-likeness (QED) is 0.682. The predicted octanol–water partition coefficient (Wildman–Crippen LogP) is 3.61. The van der Waals surface area contributed by atoms with Gasteiger partial charge in [0.05, 0.1) is 13.7 Å². The Bertz CT molecular complexity index is 865. The predicted molar refractivity (Wildman–Crippen MR) is 99.1 cm³/mol. The minimum absolute atomic E-state index is 0. The van der Waals surface area contributed by atoms with E-state index in [0.717, 1.165) is 0 Å². The van der Waals surface area contributed by atoms with Crippen LogP contribution in [0.5, 0.6) is 17.2 Å². The first-order valence-electron chi connectivity index (χ1n) is 7.56. The number of rotatable bonds is 6. The third kappa shape index (κ3) is 4.53. The van der Waals surface area contributed by atoms with E-state index in [0.29, 0.717) is 28.8 Å². The van der Waals surface area contributed by atoms with Gasteiger partial charge in [-0.1, -0.05) is 12.1 Å². The Morgan fingerprint density at radius 3 is 2.46 bits per heavy atom. The summed E-state index contributed by atoms with van der Waals surface area (Å²) in [7, 11) is 1.58. The van der Waals surface area contributed by atoms with Gasteiger partial charge >= 0.3 is 0 Å². The number of halogens is 1. The highest BCUT2D eigenvalue weighted by Crippen LogP contribution is 2.31. The lowest BCUT2D eigenvalue weighted by molar-refractivity contribution is 0.102. The molecule has 0 atom stereocenters. The molecule has 2 aromatic carbocycles. The number of methoxy groups -OCH3 is 1. The number of nitrogens with zero attached hydrogens (tertiary/aromatic N) is 1. The number of carbonyl (C=O) groups is 1. The molecule has 136 valence electrons. The van der Waals surface area contributed by atoms with Gasteiger partial charge in [0.1, 0.15) is 12.0 Å². The molecule has 26 heavy (non-hydrogen) atoms. The molecule has 1 aromatic heterocycles. The van der Waals surface area contributed by atoms with E-state index in [2.05, 4.69) is 10.3 Å². The maximum Gasteiger partial charge on any atom is 0.277 e. The van der Waals surface area contributed by atoms with Gasteiger partial charge in [-0.3, -0.25) is 4.79 Å². The van der Waals surface area contributed by atoms with Crippen LogP contribution in [0.15, 0.2) is 59.2 Å². The second-order valence-electron chi connectivity index (χ2n) is 5.06. The SMILES string of the molecule is COc1ccccc1Oc1ccc(NC(=O)c2coc(CN)n2)cc1.Cl. The average molecular weight is 376 g/mol. The van der Waals surface area contributed by atoms with E-state index in [1.807, 2.05) is 24.3 Å². The Balaban J connectivity index is 0.00000243. The third-order valence-corrected chi connectivity index (χ3v) is 3.37. The number of amides is 1. The fourth-order valence-corrected chi connectivity index (χ4v) is 2.14. The van der Waals surface area contributed by atoms with Gasteiger partial charge in [-0.15, -0.1) is 12.4 Å². The number of para-hydroxylation sites is 2. The molecule has 7 nitrogen and oxygen atoms in total. The van der Waals surface area contributed by atoms with Crippen molar-refractivity contribution in [3.63, 3.8) is 0 Å². The molecule has 0 spiro atoms. The van der Waals surface area contributed by atoms with Crippen molar-refractivity contribution in [2.24, 2.45) is 5.73 Å². The van der Waals surface area contributed by atoms with Crippen LogP contribution < -0.4 is 20.5 Å². The summed E-state index contributed by atoms with van der Waals surface area (Å²) in [6, 6.07) is 14.3. The van der Waals surface area contributed by atoms with Crippen LogP contribution in [0.3, 0.4) is 0 Å². The van der Waals surface area contributed by atoms with Gasteiger partial charge in [0.15, 0.2) is 17.2 Å². The van der Waals surface area contributed by atoms with Crippen LogP contribution in [0, 0.1) is 0 Å². The molecule has 3 N–H and O–H groups in total. The Morgan fingerprint density at radius 2 is 1.85 bits per heavy atom. The van der Waals surface area contributed by atoms with E-state index in [9.17, 15) is 4.79 Å². The minimum atomic E-state index is -0.373. The molecule has 3 rings (SSSR count). The third-order valence-electron chi connectivity index (χ3n) is 3.37. The summed E-state index contributed by atoms with van der Waals surface area (Å²) in [4.78, 5) is 16.1. The van der Waals surface area contributed by atoms with E-state index in [1.165, 1.54) is 6.26 Å². The lowest BCUT2D eigenvalue weighted by Gasteiger charge is -2.10. The summed E-state index contributed by atoms with van der Waals surface area (Å²) in [5.41, 5.74) is 6.19. The fraction of sp³-hybridized carbons (Fsp3) is 0.111. The molecule has 0 aliphatic carbocycles. The molecule has 0 fully saturated rings. The van der Waals surface area contributed by atoms with E-state index in [1.54, 1.807) is 31.4 Å². The van der Waals surface area contributed by atoms with Crippen molar-refractivity contribution in [2.45, 2.75) is 6.54 Å². The van der Waals surface area contributed by atoms with Crippen molar-refractivity contribution in [1.82, 2.24) is 4.98 Å². The highest BCUT2D eigenvalue weighted by molar-refractivity contribution is 6.02. The largest absolute Gasteiger partial charge is 0.493 e. The molecule has 0 aliphatic rings. The molecule has 0 unspecified atom stereocenters. The van der Waals surface area contributed by atoms with Crippen LogP contribution in [0.2, 0.25) is 0 Å². The maximum absolute atomic E-state index is 12.1. The molecule has 0 saturated carbocycles. The molecule has 0 bridgehead atoms. The van der Waals surface area contributed by atoms with Gasteiger partial charge in [0.25, 0.3) is 5.91 Å². The summed E-state index contributed by atoms with van der Waals surface area (Å²) in [5, 5.41) is 2.73. The Hall–Kier alpha value is -3.03. The Morgan fingerprint density at radius 1 is 1.15 bits per heavy atom. The van der Waals surface area contributed by atoms with Crippen LogP contribution >= 0.6 is 12.4 Å². The number of hydrogen-bond donors (Lipinski definition) is 2. The molecule has 0 aliphatic heterocycles. The number of oxazole rings is 1. The standard InChI is InChI=1S/C18H17N3O4.ClH/c1-23-15-4-2-3-5-16(15)25-13-8-6-12(7-9-13)20-18(22)14-11-24-17(10-19)21-14;/h2-9,11H,10,19H2,1H3,(H,20,22);1H. The molecule has 3 aromatic rings. The van der Waals surface area contributed by atoms with Crippen molar-refractivity contribution in [3.05, 3.63) is 66.4 Å². The van der Waals surface area contributed by atoms with Gasteiger partial charge in [-0.2, -0.15) is 0 Å². The highest BCUT2D eigenvalue weighted by Gasteiger charge is 2.12. The van der Waals surface area contributed by atoms with E-state index < -0.39 is 0 Å². The lowest BCUT2D eigenvalue weighted by Crippen LogP contribution is -2.12. The number of aromatic nitrogens is 1. The van der Waals surface area contributed by atoms with Gasteiger partial charge in [-0.05, 0) is 36.4 Å². The normalized spacial score (nSPS) is 9.92. The number of anilines is 1. The van der Waals surface area contributed by atoms with E-state index in [-0.39, 0.29) is 30.6 Å². The monoisotopic (exact) mass is 375 g/mol. The van der Waals surface area contributed by atoms with Crippen LogP contribution in [0.4, 0.5) is 5.69 Å². The van der Waals surface area contributed by atoms with Gasteiger partial charge in [-0.25, -0.2) is 4.98 Å². The van der Waals surface area contributed by atoms with Gasteiger partial charge < -0.3 is 24.9 Å². The zero-order valence-corrected chi connectivity index (χ0v) is 14.8. The van der Waals surface area contributed by atoms with Crippen molar-refractivity contribution < 1.29 is 18.7 Å². The number of benzene rings is 2.